The summed E-state index contributed by atoms with van der Waals surface area (Å²) in [6, 6.07) is 18.7. The zero-order chi connectivity index (χ0) is 28.4. The van der Waals surface area contributed by atoms with Gasteiger partial charge in [-0.05, 0) is 60.9 Å². The summed E-state index contributed by atoms with van der Waals surface area (Å²) >= 11 is 6.39. The van der Waals surface area contributed by atoms with Crippen LogP contribution < -0.4 is 9.62 Å². The standard InChI is InChI=1S/C29H33ClFN3O4S/c1-3-5-19-32-29(36)27(4-2)33(20-22-11-9-10-14-26(22)30)28(35)21-34(24-17-15-23(31)16-18-24)39(37,38)25-12-7-6-8-13-25/h6-18,27H,3-5,19-21H2,1-2H3,(H,32,36)/t27-/m0/s1. The second-order valence-electron chi connectivity index (χ2n) is 8.98. The first-order valence-electron chi connectivity index (χ1n) is 12.8. The third-order valence-electron chi connectivity index (χ3n) is 6.24. The highest BCUT2D eigenvalue weighted by Gasteiger charge is 2.33. The molecular formula is C29H33ClFN3O4S. The lowest BCUT2D eigenvalue weighted by atomic mass is 10.1. The van der Waals surface area contributed by atoms with E-state index < -0.39 is 34.3 Å². The Bertz CT molecular complexity index is 1350. The van der Waals surface area contributed by atoms with Crippen molar-refractivity contribution in [2.45, 2.75) is 50.6 Å². The number of nitrogens with one attached hydrogen (secondary N) is 1. The van der Waals surface area contributed by atoms with Crippen LogP contribution in [0, 0.1) is 5.82 Å². The van der Waals surface area contributed by atoms with Crippen LogP contribution in [0.5, 0.6) is 0 Å². The molecule has 0 fully saturated rings. The minimum absolute atomic E-state index is 0.000847. The molecule has 0 bridgehead atoms. The monoisotopic (exact) mass is 573 g/mol. The Morgan fingerprint density at radius 2 is 1.59 bits per heavy atom. The number of rotatable bonds is 13. The molecule has 1 atom stereocenters. The maximum Gasteiger partial charge on any atom is 0.264 e. The summed E-state index contributed by atoms with van der Waals surface area (Å²) in [5, 5.41) is 3.30. The Morgan fingerprint density at radius 1 is 0.949 bits per heavy atom. The molecule has 3 aromatic carbocycles. The number of carbonyl (C=O) groups excluding carboxylic acids is 2. The van der Waals surface area contributed by atoms with Crippen LogP contribution in [0.2, 0.25) is 5.02 Å². The van der Waals surface area contributed by atoms with E-state index >= 15 is 0 Å². The van der Waals surface area contributed by atoms with E-state index in [1.807, 2.05) is 6.92 Å². The highest BCUT2D eigenvalue weighted by atomic mass is 35.5. The molecule has 208 valence electrons. The Kier molecular flexibility index (Phi) is 10.9. The summed E-state index contributed by atoms with van der Waals surface area (Å²) in [7, 11) is -4.21. The van der Waals surface area contributed by atoms with Gasteiger partial charge in [0.1, 0.15) is 18.4 Å². The molecule has 0 aromatic heterocycles. The molecule has 0 aliphatic carbocycles. The third kappa shape index (κ3) is 7.80. The van der Waals surface area contributed by atoms with Gasteiger partial charge in [0.05, 0.1) is 10.6 Å². The van der Waals surface area contributed by atoms with Gasteiger partial charge in [-0.2, -0.15) is 0 Å². The summed E-state index contributed by atoms with van der Waals surface area (Å²) in [6.07, 6.45) is 1.98. The minimum Gasteiger partial charge on any atom is -0.354 e. The molecule has 0 saturated heterocycles. The van der Waals surface area contributed by atoms with Gasteiger partial charge in [0, 0.05) is 18.1 Å². The summed E-state index contributed by atoms with van der Waals surface area (Å²) in [4.78, 5) is 28.5. The van der Waals surface area contributed by atoms with Crippen molar-refractivity contribution < 1.29 is 22.4 Å². The SMILES string of the molecule is CCCCNC(=O)[C@H](CC)N(Cc1ccccc1Cl)C(=O)CN(c1ccc(F)cc1)S(=O)(=O)c1ccccc1. The van der Waals surface area contributed by atoms with Crippen molar-refractivity contribution in [3.8, 4) is 0 Å². The van der Waals surface area contributed by atoms with E-state index in [2.05, 4.69) is 5.32 Å². The smallest absolute Gasteiger partial charge is 0.264 e. The van der Waals surface area contributed by atoms with Gasteiger partial charge in [-0.1, -0.05) is 68.3 Å². The number of unbranched alkanes of at least 4 members (excludes halogenated alkanes) is 1. The molecule has 2 amide bonds. The average molecular weight is 574 g/mol. The van der Waals surface area contributed by atoms with E-state index in [0.29, 0.717) is 23.6 Å². The van der Waals surface area contributed by atoms with E-state index in [9.17, 15) is 22.4 Å². The van der Waals surface area contributed by atoms with Crippen molar-refractivity contribution >= 4 is 39.1 Å². The van der Waals surface area contributed by atoms with Gasteiger partial charge in [-0.3, -0.25) is 13.9 Å². The fraction of sp³-hybridized carbons (Fsp3) is 0.310. The lowest BCUT2D eigenvalue weighted by Gasteiger charge is -2.33. The summed E-state index contributed by atoms with van der Waals surface area (Å²) in [5.41, 5.74) is 0.735. The summed E-state index contributed by atoms with van der Waals surface area (Å²) < 4.78 is 42.0. The first kappa shape index (κ1) is 30.1. The second-order valence-corrected chi connectivity index (χ2v) is 11.3. The maximum atomic E-state index is 13.9. The number of benzene rings is 3. The number of hydrogen-bond donors (Lipinski definition) is 1. The lowest BCUT2D eigenvalue weighted by Crippen LogP contribution is -2.52. The molecule has 3 aromatic rings. The molecule has 0 aliphatic rings. The largest absolute Gasteiger partial charge is 0.354 e. The van der Waals surface area contributed by atoms with Gasteiger partial charge in [0.2, 0.25) is 11.8 Å². The van der Waals surface area contributed by atoms with Crippen molar-refractivity contribution in [1.29, 1.82) is 0 Å². The predicted molar refractivity (Wildman–Crippen MR) is 151 cm³/mol. The van der Waals surface area contributed by atoms with Crippen LogP contribution in [0.4, 0.5) is 10.1 Å². The molecule has 7 nitrogen and oxygen atoms in total. The van der Waals surface area contributed by atoms with Crippen LogP contribution in [0.25, 0.3) is 0 Å². The Morgan fingerprint density at radius 3 is 2.21 bits per heavy atom. The number of sulfonamides is 1. The average Bonchev–Trinajstić information content (AvgIpc) is 2.93. The quantitative estimate of drug-likeness (QED) is 0.277. The molecule has 0 heterocycles. The highest BCUT2D eigenvalue weighted by Crippen LogP contribution is 2.26. The van der Waals surface area contributed by atoms with Gasteiger partial charge >= 0.3 is 0 Å². The van der Waals surface area contributed by atoms with Crippen molar-refractivity contribution in [3.05, 3.63) is 95.3 Å². The molecule has 0 spiro atoms. The maximum absolute atomic E-state index is 13.9. The molecular weight excluding hydrogens is 541 g/mol. The van der Waals surface area contributed by atoms with Crippen LogP contribution in [0.3, 0.4) is 0 Å². The third-order valence-corrected chi connectivity index (χ3v) is 8.40. The van der Waals surface area contributed by atoms with Crippen LogP contribution >= 0.6 is 11.6 Å². The van der Waals surface area contributed by atoms with Crippen LogP contribution in [0.1, 0.15) is 38.7 Å². The molecule has 3 rings (SSSR count). The first-order chi connectivity index (χ1) is 18.7. The van der Waals surface area contributed by atoms with E-state index in [1.165, 1.54) is 29.2 Å². The number of anilines is 1. The fourth-order valence-corrected chi connectivity index (χ4v) is 5.72. The summed E-state index contributed by atoms with van der Waals surface area (Å²) in [6.45, 7) is 3.65. The normalized spacial score (nSPS) is 12.0. The number of nitrogens with zero attached hydrogens (tertiary/aromatic N) is 2. The molecule has 39 heavy (non-hydrogen) atoms. The van der Waals surface area contributed by atoms with E-state index in [-0.39, 0.29) is 23.0 Å². The van der Waals surface area contributed by atoms with Gasteiger partial charge in [0.25, 0.3) is 10.0 Å². The number of carbonyl (C=O) groups is 2. The predicted octanol–water partition coefficient (Wildman–Crippen LogP) is 5.40. The topological polar surface area (TPSA) is 86.8 Å². The zero-order valence-electron chi connectivity index (χ0n) is 22.0. The molecule has 1 N–H and O–H groups in total. The van der Waals surface area contributed by atoms with Crippen LogP contribution in [0.15, 0.2) is 83.8 Å². The number of hydrogen-bond acceptors (Lipinski definition) is 4. The van der Waals surface area contributed by atoms with Crippen molar-refractivity contribution in [1.82, 2.24) is 10.2 Å². The molecule has 0 saturated carbocycles. The Balaban J connectivity index is 2.02. The fourth-order valence-electron chi connectivity index (χ4n) is 4.09. The molecule has 10 heteroatoms. The minimum atomic E-state index is -4.21. The van der Waals surface area contributed by atoms with E-state index in [1.54, 1.807) is 49.4 Å². The van der Waals surface area contributed by atoms with Crippen molar-refractivity contribution in [2.24, 2.45) is 0 Å². The summed E-state index contributed by atoms with van der Waals surface area (Å²) in [5.74, 6) is -1.47. The highest BCUT2D eigenvalue weighted by molar-refractivity contribution is 7.92. The zero-order valence-corrected chi connectivity index (χ0v) is 23.6. The molecule has 0 aliphatic heterocycles. The van der Waals surface area contributed by atoms with E-state index in [0.717, 1.165) is 29.3 Å². The van der Waals surface area contributed by atoms with E-state index in [4.69, 9.17) is 11.6 Å². The Hall–Kier alpha value is -3.43. The Labute approximate surface area is 234 Å². The van der Waals surface area contributed by atoms with Gasteiger partial charge < -0.3 is 10.2 Å². The number of halogens is 2. The second kappa shape index (κ2) is 14.1. The van der Waals surface area contributed by atoms with Gasteiger partial charge in [-0.15, -0.1) is 0 Å². The van der Waals surface area contributed by atoms with Gasteiger partial charge in [0.15, 0.2) is 0 Å². The van der Waals surface area contributed by atoms with Crippen molar-refractivity contribution in [2.75, 3.05) is 17.4 Å². The molecule has 0 unspecified atom stereocenters. The lowest BCUT2D eigenvalue weighted by molar-refractivity contribution is -0.140. The number of amides is 2. The van der Waals surface area contributed by atoms with Crippen molar-refractivity contribution in [3.63, 3.8) is 0 Å². The first-order valence-corrected chi connectivity index (χ1v) is 14.6. The van der Waals surface area contributed by atoms with Crippen LogP contribution in [-0.4, -0.2) is 44.3 Å². The molecule has 0 radical (unpaired) electrons. The van der Waals surface area contributed by atoms with Crippen LogP contribution in [-0.2, 0) is 26.2 Å². The van der Waals surface area contributed by atoms with Gasteiger partial charge in [-0.25, -0.2) is 12.8 Å².